The Kier molecular flexibility index (Phi) is 1.55. The molecule has 0 unspecified atom stereocenters. The lowest BCUT2D eigenvalue weighted by Crippen LogP contribution is -2.12. The van der Waals surface area contributed by atoms with Crippen molar-refractivity contribution in [1.29, 1.82) is 0 Å². The maximum absolute atomic E-state index is 11.2. The molecule has 2 rings (SSSR count). The Morgan fingerprint density at radius 3 is 2.42 bits per heavy atom. The highest BCUT2D eigenvalue weighted by molar-refractivity contribution is 5.29. The Bertz CT molecular complexity index is 413. The largest absolute Gasteiger partial charge is 0.298 e. The van der Waals surface area contributed by atoms with Gasteiger partial charge in [-0.1, -0.05) is 18.2 Å². The van der Waals surface area contributed by atoms with Gasteiger partial charge in [0.05, 0.1) is 5.69 Å². The molecule has 1 N–H and O–H groups in total. The zero-order valence-electron chi connectivity index (χ0n) is 6.40. The number of hydrogen-bond acceptors (Lipinski definition) is 1. The van der Waals surface area contributed by atoms with E-state index in [1.54, 1.807) is 6.20 Å². The van der Waals surface area contributed by atoms with Crippen LogP contribution in [0.25, 0.3) is 5.69 Å². The molecule has 0 radical (unpaired) electrons. The molecule has 0 aliphatic carbocycles. The Morgan fingerprint density at radius 2 is 1.83 bits per heavy atom. The van der Waals surface area contributed by atoms with Gasteiger partial charge in [-0.05, 0) is 12.1 Å². The van der Waals surface area contributed by atoms with E-state index >= 15 is 0 Å². The molecule has 0 fully saturated rings. The van der Waals surface area contributed by atoms with Gasteiger partial charge in [-0.2, -0.15) is 0 Å². The Morgan fingerprint density at radius 1 is 1.08 bits per heavy atom. The monoisotopic (exact) mass is 160 g/mol. The fraction of sp³-hybridized carbons (Fsp3) is 0. The van der Waals surface area contributed by atoms with Crippen LogP contribution in [0.15, 0.2) is 47.4 Å². The smallest absolute Gasteiger partial charge is 0.271 e. The third-order valence-corrected chi connectivity index (χ3v) is 1.66. The fourth-order valence-electron chi connectivity index (χ4n) is 1.10. The summed E-state index contributed by atoms with van der Waals surface area (Å²) in [6.45, 7) is 0. The predicted molar refractivity (Wildman–Crippen MR) is 46.4 cm³/mol. The van der Waals surface area contributed by atoms with E-state index in [9.17, 15) is 4.79 Å². The molecule has 0 atom stereocenters. The molecule has 1 heterocycles. The second kappa shape index (κ2) is 2.70. The minimum Gasteiger partial charge on any atom is -0.298 e. The summed E-state index contributed by atoms with van der Waals surface area (Å²) in [5.74, 6) is 0. The van der Waals surface area contributed by atoms with Crippen molar-refractivity contribution in [2.45, 2.75) is 0 Å². The lowest BCUT2D eigenvalue weighted by molar-refractivity contribution is 0.849. The van der Waals surface area contributed by atoms with Crippen molar-refractivity contribution < 1.29 is 0 Å². The Labute approximate surface area is 69.3 Å². The van der Waals surface area contributed by atoms with Crippen molar-refractivity contribution in [1.82, 2.24) is 9.78 Å². The number of hydrogen-bond donors (Lipinski definition) is 1. The molecule has 0 aliphatic heterocycles. The first-order valence-corrected chi connectivity index (χ1v) is 3.70. The molecule has 0 spiro atoms. The van der Waals surface area contributed by atoms with Gasteiger partial charge >= 0.3 is 0 Å². The van der Waals surface area contributed by atoms with Crippen LogP contribution < -0.4 is 5.56 Å². The van der Waals surface area contributed by atoms with Crippen molar-refractivity contribution in [3.8, 4) is 5.69 Å². The van der Waals surface area contributed by atoms with E-state index in [1.807, 2.05) is 30.3 Å². The number of aromatic nitrogens is 2. The van der Waals surface area contributed by atoms with Crippen LogP contribution in [0.1, 0.15) is 0 Å². The molecule has 0 saturated heterocycles. The summed E-state index contributed by atoms with van der Waals surface area (Å²) in [5, 5.41) is 2.83. The van der Waals surface area contributed by atoms with Crippen LogP contribution in [0.2, 0.25) is 0 Å². The lowest BCUT2D eigenvalue weighted by atomic mass is 10.3. The zero-order chi connectivity index (χ0) is 8.39. The second-order valence-electron chi connectivity index (χ2n) is 2.47. The summed E-state index contributed by atoms with van der Waals surface area (Å²) in [7, 11) is 0. The van der Waals surface area contributed by atoms with Crippen LogP contribution >= 0.6 is 0 Å². The predicted octanol–water partition coefficient (Wildman–Crippen LogP) is 1.17. The zero-order valence-corrected chi connectivity index (χ0v) is 6.40. The van der Waals surface area contributed by atoms with Crippen molar-refractivity contribution in [2.24, 2.45) is 0 Å². The molecule has 0 bridgehead atoms. The minimum atomic E-state index is -0.0406. The van der Waals surface area contributed by atoms with Crippen molar-refractivity contribution in [3.63, 3.8) is 0 Å². The van der Waals surface area contributed by atoms with Gasteiger partial charge in [0.1, 0.15) is 0 Å². The van der Waals surface area contributed by atoms with Gasteiger partial charge in [-0.15, -0.1) is 0 Å². The van der Waals surface area contributed by atoms with E-state index in [-0.39, 0.29) is 5.56 Å². The molecule has 3 nitrogen and oxygen atoms in total. The number of benzene rings is 1. The molecule has 60 valence electrons. The highest BCUT2D eigenvalue weighted by Crippen LogP contribution is 2.00. The number of nitrogens with one attached hydrogen (secondary N) is 1. The molecule has 12 heavy (non-hydrogen) atoms. The van der Waals surface area contributed by atoms with Gasteiger partial charge in [0.2, 0.25) is 0 Å². The summed E-state index contributed by atoms with van der Waals surface area (Å²) >= 11 is 0. The standard InChI is InChI=1S/C9H8N2O/c12-9-6-7-10-11(9)8-4-2-1-3-5-8/h1-7,10H. The topological polar surface area (TPSA) is 37.8 Å². The third-order valence-electron chi connectivity index (χ3n) is 1.66. The fourth-order valence-corrected chi connectivity index (χ4v) is 1.10. The molecule has 2 aromatic rings. The molecule has 0 aliphatic rings. The first kappa shape index (κ1) is 6.91. The Balaban J connectivity index is 2.59. The van der Waals surface area contributed by atoms with Gasteiger partial charge in [-0.25, -0.2) is 4.68 Å². The van der Waals surface area contributed by atoms with E-state index in [1.165, 1.54) is 10.7 Å². The van der Waals surface area contributed by atoms with Gasteiger partial charge in [0.15, 0.2) is 0 Å². The van der Waals surface area contributed by atoms with Crippen LogP contribution in [0.3, 0.4) is 0 Å². The number of nitrogens with zero attached hydrogens (tertiary/aromatic N) is 1. The van der Waals surface area contributed by atoms with Gasteiger partial charge < -0.3 is 0 Å². The minimum absolute atomic E-state index is 0.0406. The summed E-state index contributed by atoms with van der Waals surface area (Å²) < 4.78 is 1.49. The van der Waals surface area contributed by atoms with E-state index < -0.39 is 0 Å². The van der Waals surface area contributed by atoms with Crippen LogP contribution in [-0.2, 0) is 0 Å². The number of rotatable bonds is 1. The van der Waals surface area contributed by atoms with Gasteiger partial charge in [0, 0.05) is 12.3 Å². The maximum atomic E-state index is 11.2. The first-order chi connectivity index (χ1) is 5.88. The van der Waals surface area contributed by atoms with Crippen LogP contribution in [-0.4, -0.2) is 9.78 Å². The average Bonchev–Trinajstić information content (AvgIpc) is 2.53. The van der Waals surface area contributed by atoms with E-state index in [4.69, 9.17) is 0 Å². The molecule has 0 saturated carbocycles. The number of aromatic amines is 1. The molecule has 1 aromatic carbocycles. The summed E-state index contributed by atoms with van der Waals surface area (Å²) in [6, 6.07) is 10.9. The van der Waals surface area contributed by atoms with Gasteiger partial charge in [0.25, 0.3) is 5.56 Å². The molecular weight excluding hydrogens is 152 g/mol. The van der Waals surface area contributed by atoms with E-state index in [0.29, 0.717) is 0 Å². The maximum Gasteiger partial charge on any atom is 0.271 e. The van der Waals surface area contributed by atoms with Crippen molar-refractivity contribution in [2.75, 3.05) is 0 Å². The lowest BCUT2D eigenvalue weighted by Gasteiger charge is -1.98. The molecule has 0 amide bonds. The van der Waals surface area contributed by atoms with Crippen molar-refractivity contribution >= 4 is 0 Å². The average molecular weight is 160 g/mol. The second-order valence-corrected chi connectivity index (χ2v) is 2.47. The molecular formula is C9H8N2O. The SMILES string of the molecule is O=c1cc[nH]n1-c1ccccc1. The summed E-state index contributed by atoms with van der Waals surface area (Å²) in [4.78, 5) is 11.2. The van der Waals surface area contributed by atoms with Crippen LogP contribution in [0.4, 0.5) is 0 Å². The summed E-state index contributed by atoms with van der Waals surface area (Å²) in [6.07, 6.45) is 1.62. The molecule has 3 heteroatoms. The third kappa shape index (κ3) is 1.05. The van der Waals surface area contributed by atoms with Crippen LogP contribution in [0, 0.1) is 0 Å². The number of H-pyrrole nitrogens is 1. The quantitative estimate of drug-likeness (QED) is 0.668. The van der Waals surface area contributed by atoms with Crippen LogP contribution in [0.5, 0.6) is 0 Å². The summed E-state index contributed by atoms with van der Waals surface area (Å²) in [5.41, 5.74) is 0.814. The normalized spacial score (nSPS) is 10.0. The molecule has 1 aromatic heterocycles. The number of para-hydroxylation sites is 1. The van der Waals surface area contributed by atoms with Gasteiger partial charge in [-0.3, -0.25) is 9.89 Å². The first-order valence-electron chi connectivity index (χ1n) is 3.70. The highest BCUT2D eigenvalue weighted by atomic mass is 16.1. The van der Waals surface area contributed by atoms with E-state index in [2.05, 4.69) is 5.10 Å². The highest BCUT2D eigenvalue weighted by Gasteiger charge is 1.96. The van der Waals surface area contributed by atoms with Crippen molar-refractivity contribution in [3.05, 3.63) is 52.9 Å². The Hall–Kier alpha value is -1.77. The van der Waals surface area contributed by atoms with E-state index in [0.717, 1.165) is 5.69 Å².